The van der Waals surface area contributed by atoms with Gasteiger partial charge in [-0.3, -0.25) is 14.6 Å². The summed E-state index contributed by atoms with van der Waals surface area (Å²) in [6, 6.07) is 1.82. The fourth-order valence-corrected chi connectivity index (χ4v) is 3.61. The van der Waals surface area contributed by atoms with Crippen molar-refractivity contribution in [3.05, 3.63) is 57.9 Å². The first-order chi connectivity index (χ1) is 16.8. The highest BCUT2D eigenvalue weighted by Crippen LogP contribution is 2.29. The molecule has 0 heterocycles. The molecule has 0 fully saturated rings. The van der Waals surface area contributed by atoms with Crippen molar-refractivity contribution in [2.75, 3.05) is 7.11 Å². The molecule has 0 saturated heterocycles. The van der Waals surface area contributed by atoms with Gasteiger partial charge < -0.3 is 19.5 Å². The highest BCUT2D eigenvalue weighted by atomic mass is 19.1. The molecule has 8 nitrogen and oxygen atoms in total. The van der Waals surface area contributed by atoms with Gasteiger partial charge in [-0.05, 0) is 76.2 Å². The first-order valence-electron chi connectivity index (χ1n) is 11.7. The van der Waals surface area contributed by atoms with E-state index in [0.717, 1.165) is 16.7 Å². The number of carbonyl (C=O) groups is 3. The van der Waals surface area contributed by atoms with Crippen LogP contribution in [0.1, 0.15) is 64.2 Å². The van der Waals surface area contributed by atoms with Gasteiger partial charge in [0.05, 0.1) is 13.0 Å². The van der Waals surface area contributed by atoms with E-state index in [1.54, 1.807) is 41.5 Å². The lowest BCUT2D eigenvalue weighted by Gasteiger charge is -2.25. The predicted octanol–water partition coefficient (Wildman–Crippen LogP) is 4.64. The first-order valence-corrected chi connectivity index (χ1v) is 11.7. The molecule has 0 aliphatic carbocycles. The van der Waals surface area contributed by atoms with Crippen molar-refractivity contribution in [3.63, 3.8) is 0 Å². The Balaban J connectivity index is 3.09. The number of allylic oxidation sites excluding steroid dienone is 1. The largest absolute Gasteiger partial charge is 0.493 e. The monoisotopic (exact) mass is 504 g/mol. The zero-order valence-electron chi connectivity index (χ0n) is 22.5. The van der Waals surface area contributed by atoms with Crippen LogP contribution in [0.4, 0.5) is 4.39 Å². The van der Waals surface area contributed by atoms with Gasteiger partial charge in [-0.15, -0.1) is 0 Å². The van der Waals surface area contributed by atoms with Crippen LogP contribution in [0.5, 0.6) is 0 Å². The number of rotatable bonds is 11. The molecule has 0 spiro atoms. The lowest BCUT2D eigenvalue weighted by atomic mass is 9.88. The normalized spacial score (nSPS) is 14.8. The van der Waals surface area contributed by atoms with Crippen LogP contribution in [0.2, 0.25) is 0 Å². The van der Waals surface area contributed by atoms with E-state index in [9.17, 15) is 18.8 Å². The number of halogens is 1. The number of aliphatic imine (C=N–C) groups is 1. The van der Waals surface area contributed by atoms with Crippen molar-refractivity contribution in [1.82, 2.24) is 5.32 Å². The molecule has 1 rings (SSSR count). The molecule has 1 N–H and O–H groups in total. The van der Waals surface area contributed by atoms with Gasteiger partial charge in [0.25, 0.3) is 5.91 Å². The molecule has 2 unspecified atom stereocenters. The minimum atomic E-state index is -1.06. The van der Waals surface area contributed by atoms with Gasteiger partial charge >= 0.3 is 11.9 Å². The van der Waals surface area contributed by atoms with E-state index >= 15 is 0 Å². The van der Waals surface area contributed by atoms with Gasteiger partial charge in [0.2, 0.25) is 5.76 Å². The lowest BCUT2D eigenvalue weighted by Crippen LogP contribution is -2.42. The molecular weight excluding hydrogens is 467 g/mol. The second-order valence-electron chi connectivity index (χ2n) is 8.85. The van der Waals surface area contributed by atoms with Crippen molar-refractivity contribution < 1.29 is 33.0 Å². The Kier molecular flexibility index (Phi) is 11.5. The molecule has 1 amide bonds. The van der Waals surface area contributed by atoms with Crippen molar-refractivity contribution in [2.24, 2.45) is 10.9 Å². The van der Waals surface area contributed by atoms with Gasteiger partial charge in [0.1, 0.15) is 18.0 Å². The van der Waals surface area contributed by atoms with Crippen LogP contribution < -0.4 is 5.32 Å². The lowest BCUT2D eigenvalue weighted by molar-refractivity contribution is -0.152. The SMILES string of the molecule is C=N/C(C(=O)N[C@@H](C)C(=O)OC(C)C(C)c1c(C)cc(F)cc1C)=C(OC(=O)C(C)C)\C(=C/C)OC. The van der Waals surface area contributed by atoms with Gasteiger partial charge in [0.15, 0.2) is 11.5 Å². The van der Waals surface area contributed by atoms with E-state index in [1.807, 2.05) is 6.92 Å². The molecule has 0 saturated carbocycles. The van der Waals surface area contributed by atoms with Crippen molar-refractivity contribution in [3.8, 4) is 0 Å². The summed E-state index contributed by atoms with van der Waals surface area (Å²) in [5, 5.41) is 2.50. The van der Waals surface area contributed by atoms with E-state index in [0.29, 0.717) is 0 Å². The smallest absolute Gasteiger partial charge is 0.328 e. The number of hydrogen-bond donors (Lipinski definition) is 1. The van der Waals surface area contributed by atoms with Crippen LogP contribution in [0.15, 0.2) is 40.4 Å². The zero-order chi connectivity index (χ0) is 27.7. The fourth-order valence-electron chi connectivity index (χ4n) is 3.61. The maximum Gasteiger partial charge on any atom is 0.328 e. The third-order valence-electron chi connectivity index (χ3n) is 5.69. The molecule has 1 aromatic rings. The maximum absolute atomic E-state index is 13.7. The summed E-state index contributed by atoms with van der Waals surface area (Å²) in [7, 11) is 1.35. The topological polar surface area (TPSA) is 103 Å². The number of amides is 1. The summed E-state index contributed by atoms with van der Waals surface area (Å²) in [4.78, 5) is 41.6. The fraction of sp³-hybridized carbons (Fsp3) is 0.481. The summed E-state index contributed by atoms with van der Waals surface area (Å²) in [5.74, 6) is -3.21. The summed E-state index contributed by atoms with van der Waals surface area (Å²) in [6.07, 6.45) is 0.944. The predicted molar refractivity (Wildman–Crippen MR) is 136 cm³/mol. The summed E-state index contributed by atoms with van der Waals surface area (Å²) in [5.41, 5.74) is 2.09. The standard InChI is InChI=1S/C27H37FN2O6/c1-11-21(34-10)24(36-26(32)14(2)3)23(29-9)25(31)30-18(7)27(33)35-19(8)17(6)22-15(4)12-20(28)13-16(22)5/h11-14,17-19H,9H2,1-8,10H3,(H,30,31)/b21-11+,24-23+/t17?,18-,19?/m0/s1. The summed E-state index contributed by atoms with van der Waals surface area (Å²) < 4.78 is 29.9. The average Bonchev–Trinajstić information content (AvgIpc) is 2.78. The molecule has 9 heteroatoms. The first kappa shape index (κ1) is 30.5. The molecular formula is C27H37FN2O6. The van der Waals surface area contributed by atoms with Crippen LogP contribution in [0.3, 0.4) is 0 Å². The Morgan fingerprint density at radius 3 is 2.06 bits per heavy atom. The van der Waals surface area contributed by atoms with Crippen LogP contribution >= 0.6 is 0 Å². The van der Waals surface area contributed by atoms with Gasteiger partial charge in [-0.25, -0.2) is 9.18 Å². The Morgan fingerprint density at radius 2 is 1.61 bits per heavy atom. The zero-order valence-corrected chi connectivity index (χ0v) is 22.5. The second kappa shape index (κ2) is 13.6. The van der Waals surface area contributed by atoms with Gasteiger partial charge in [-0.2, -0.15) is 0 Å². The van der Waals surface area contributed by atoms with Crippen LogP contribution in [0.25, 0.3) is 0 Å². The Bertz CT molecular complexity index is 1040. The minimum Gasteiger partial charge on any atom is -0.493 e. The second-order valence-corrected chi connectivity index (χ2v) is 8.85. The van der Waals surface area contributed by atoms with E-state index in [2.05, 4.69) is 17.0 Å². The average molecular weight is 505 g/mol. The number of esters is 2. The summed E-state index contributed by atoms with van der Waals surface area (Å²) in [6.45, 7) is 17.0. The van der Waals surface area contributed by atoms with Crippen LogP contribution in [0, 0.1) is 25.6 Å². The number of benzene rings is 1. The third kappa shape index (κ3) is 7.76. The number of nitrogens with zero attached hydrogens (tertiary/aromatic N) is 1. The summed E-state index contributed by atoms with van der Waals surface area (Å²) >= 11 is 0. The molecule has 198 valence electrons. The third-order valence-corrected chi connectivity index (χ3v) is 5.69. The van der Waals surface area contributed by atoms with Gasteiger partial charge in [0, 0.05) is 5.92 Å². The maximum atomic E-state index is 13.7. The Hall–Kier alpha value is -3.49. The number of ether oxygens (including phenoxy) is 3. The number of carbonyl (C=O) groups excluding carboxylic acids is 3. The molecule has 3 atom stereocenters. The van der Waals surface area contributed by atoms with Crippen LogP contribution in [-0.4, -0.2) is 43.8 Å². The van der Waals surface area contributed by atoms with Gasteiger partial charge in [-0.1, -0.05) is 20.8 Å². The van der Waals surface area contributed by atoms with E-state index in [4.69, 9.17) is 14.2 Å². The minimum absolute atomic E-state index is 0.101. The number of methoxy groups -OCH3 is 1. The van der Waals surface area contributed by atoms with Crippen molar-refractivity contribution in [1.29, 1.82) is 0 Å². The van der Waals surface area contributed by atoms with Crippen molar-refractivity contribution in [2.45, 2.75) is 73.5 Å². The molecule has 0 radical (unpaired) electrons. The molecule has 0 bridgehead atoms. The van der Waals surface area contributed by atoms with Crippen molar-refractivity contribution >= 4 is 24.6 Å². The van der Waals surface area contributed by atoms with E-state index in [1.165, 1.54) is 32.2 Å². The highest BCUT2D eigenvalue weighted by molar-refractivity contribution is 5.97. The molecule has 0 aliphatic rings. The van der Waals surface area contributed by atoms with Crippen LogP contribution in [-0.2, 0) is 28.6 Å². The molecule has 0 aromatic heterocycles. The Morgan fingerprint density at radius 1 is 1.06 bits per heavy atom. The Labute approximate surface area is 212 Å². The highest BCUT2D eigenvalue weighted by Gasteiger charge is 2.28. The molecule has 0 aliphatic heterocycles. The van der Waals surface area contributed by atoms with E-state index < -0.39 is 35.9 Å². The number of aryl methyl sites for hydroxylation is 2. The number of nitrogens with one attached hydrogen (secondary N) is 1. The molecule has 1 aromatic carbocycles. The van der Waals surface area contributed by atoms with E-state index in [-0.39, 0.29) is 29.0 Å². The quantitative estimate of drug-likeness (QED) is 0.155. The molecule has 36 heavy (non-hydrogen) atoms. The number of hydrogen-bond acceptors (Lipinski definition) is 7.